The molecule has 7 heteroatoms. The second-order valence-corrected chi connectivity index (χ2v) is 7.48. The Morgan fingerprint density at radius 1 is 1.38 bits per heavy atom. The van der Waals surface area contributed by atoms with Gasteiger partial charge in [0, 0.05) is 31.0 Å². The maximum Gasteiger partial charge on any atom is 0.242 e. The Hall–Kier alpha value is -0.890. The minimum absolute atomic E-state index is 0.0297. The fourth-order valence-corrected chi connectivity index (χ4v) is 4.07. The van der Waals surface area contributed by atoms with Crippen molar-refractivity contribution < 1.29 is 8.42 Å². The Bertz CT molecular complexity index is 560. The van der Waals surface area contributed by atoms with Gasteiger partial charge in [0.05, 0.1) is 4.90 Å². The third-order valence-corrected chi connectivity index (χ3v) is 5.47. The van der Waals surface area contributed by atoms with Crippen LogP contribution >= 0.6 is 0 Å². The van der Waals surface area contributed by atoms with Crippen LogP contribution in [0.5, 0.6) is 0 Å². The average molecular weight is 314 g/mol. The van der Waals surface area contributed by atoms with Gasteiger partial charge in [-0.15, -0.1) is 0 Å². The highest BCUT2D eigenvalue weighted by Gasteiger charge is 2.24. The minimum atomic E-state index is -3.45. The zero-order chi connectivity index (χ0) is 15.5. The summed E-state index contributed by atoms with van der Waals surface area (Å²) in [5, 5.41) is 0. The molecule has 3 N–H and O–H groups in total. The van der Waals surface area contributed by atoms with Crippen LogP contribution in [0.2, 0.25) is 0 Å². The SMILES string of the molecule is CCCn1cc(S(=O)(=O)NC2CCN(C)CC2)cc1CN. The lowest BCUT2D eigenvalue weighted by Gasteiger charge is -2.29. The first kappa shape index (κ1) is 16.5. The van der Waals surface area contributed by atoms with E-state index in [1.54, 1.807) is 12.3 Å². The van der Waals surface area contributed by atoms with E-state index in [9.17, 15) is 8.42 Å². The molecule has 0 atom stereocenters. The van der Waals surface area contributed by atoms with E-state index >= 15 is 0 Å². The van der Waals surface area contributed by atoms with Gasteiger partial charge in [-0.3, -0.25) is 0 Å². The Balaban J connectivity index is 2.12. The van der Waals surface area contributed by atoms with Crippen molar-refractivity contribution in [3.63, 3.8) is 0 Å². The van der Waals surface area contributed by atoms with Crippen LogP contribution in [0.3, 0.4) is 0 Å². The van der Waals surface area contributed by atoms with Crippen LogP contribution in [0.15, 0.2) is 17.2 Å². The van der Waals surface area contributed by atoms with Gasteiger partial charge in [0.2, 0.25) is 10.0 Å². The van der Waals surface area contributed by atoms with Crippen molar-refractivity contribution >= 4 is 10.0 Å². The number of piperidine rings is 1. The molecule has 0 aliphatic carbocycles. The van der Waals surface area contributed by atoms with Crippen molar-refractivity contribution in [2.75, 3.05) is 20.1 Å². The number of rotatable bonds is 6. The van der Waals surface area contributed by atoms with E-state index in [-0.39, 0.29) is 6.04 Å². The molecule has 2 rings (SSSR count). The van der Waals surface area contributed by atoms with Crippen molar-refractivity contribution in [3.8, 4) is 0 Å². The summed E-state index contributed by atoms with van der Waals surface area (Å²) in [4.78, 5) is 2.55. The standard InChI is InChI=1S/C14H26N4O2S/c1-3-6-18-11-14(9-13(18)10-15)21(19,20)16-12-4-7-17(2)8-5-12/h9,11-12,16H,3-8,10,15H2,1-2H3. The van der Waals surface area contributed by atoms with Gasteiger partial charge in [0.25, 0.3) is 0 Å². The second-order valence-electron chi connectivity index (χ2n) is 5.76. The fourth-order valence-electron chi connectivity index (χ4n) is 2.71. The molecule has 0 saturated carbocycles. The van der Waals surface area contributed by atoms with Gasteiger partial charge in [-0.05, 0) is 45.5 Å². The maximum atomic E-state index is 12.5. The largest absolute Gasteiger partial charge is 0.349 e. The summed E-state index contributed by atoms with van der Waals surface area (Å²) in [6, 6.07) is 1.72. The maximum absolute atomic E-state index is 12.5. The molecule has 2 heterocycles. The van der Waals surface area contributed by atoms with Crippen LogP contribution in [-0.2, 0) is 23.1 Å². The Morgan fingerprint density at radius 3 is 2.62 bits per heavy atom. The summed E-state index contributed by atoms with van der Waals surface area (Å²) in [5.41, 5.74) is 6.56. The number of hydrogen-bond donors (Lipinski definition) is 2. The van der Waals surface area contributed by atoms with Crippen molar-refractivity contribution in [1.29, 1.82) is 0 Å². The molecule has 0 bridgehead atoms. The van der Waals surface area contributed by atoms with E-state index < -0.39 is 10.0 Å². The van der Waals surface area contributed by atoms with Crippen LogP contribution in [0.25, 0.3) is 0 Å². The molecule has 120 valence electrons. The highest BCUT2D eigenvalue weighted by atomic mass is 32.2. The topological polar surface area (TPSA) is 80.4 Å². The smallest absolute Gasteiger partial charge is 0.242 e. The number of nitrogens with one attached hydrogen (secondary N) is 1. The van der Waals surface area contributed by atoms with Crippen molar-refractivity contribution in [1.82, 2.24) is 14.2 Å². The summed E-state index contributed by atoms with van der Waals surface area (Å²) in [6.45, 7) is 5.06. The van der Waals surface area contributed by atoms with Gasteiger partial charge in [-0.1, -0.05) is 6.92 Å². The first-order valence-electron chi connectivity index (χ1n) is 7.56. The van der Waals surface area contributed by atoms with E-state index in [4.69, 9.17) is 5.73 Å². The molecule has 0 aromatic carbocycles. The summed E-state index contributed by atoms with van der Waals surface area (Å²) < 4.78 is 29.7. The number of hydrogen-bond acceptors (Lipinski definition) is 4. The van der Waals surface area contributed by atoms with E-state index in [0.717, 1.165) is 44.6 Å². The molecule has 0 spiro atoms. The van der Waals surface area contributed by atoms with E-state index in [1.807, 2.05) is 4.57 Å². The molecule has 1 aliphatic heterocycles. The summed E-state index contributed by atoms with van der Waals surface area (Å²) in [7, 11) is -1.39. The third kappa shape index (κ3) is 4.06. The molecule has 6 nitrogen and oxygen atoms in total. The molecule has 1 fully saturated rings. The first-order valence-corrected chi connectivity index (χ1v) is 9.04. The van der Waals surface area contributed by atoms with Crippen molar-refractivity contribution in [2.45, 2.75) is 50.2 Å². The van der Waals surface area contributed by atoms with Crippen LogP contribution in [0.1, 0.15) is 31.9 Å². The Morgan fingerprint density at radius 2 is 2.05 bits per heavy atom. The molecule has 0 unspecified atom stereocenters. The van der Waals surface area contributed by atoms with Gasteiger partial charge >= 0.3 is 0 Å². The predicted octanol–water partition coefficient (Wildman–Crippen LogP) is 0.729. The van der Waals surface area contributed by atoms with Gasteiger partial charge in [-0.2, -0.15) is 0 Å². The molecule has 1 aromatic rings. The third-order valence-electron chi connectivity index (χ3n) is 3.99. The molecule has 1 aliphatic rings. The van der Waals surface area contributed by atoms with E-state index in [1.165, 1.54) is 0 Å². The predicted molar refractivity (Wildman–Crippen MR) is 83.5 cm³/mol. The quantitative estimate of drug-likeness (QED) is 0.811. The summed E-state index contributed by atoms with van der Waals surface area (Å²) in [6.07, 6.45) is 4.36. The lowest BCUT2D eigenvalue weighted by molar-refractivity contribution is 0.248. The molecule has 0 amide bonds. The molecule has 1 aromatic heterocycles. The minimum Gasteiger partial charge on any atom is -0.349 e. The van der Waals surface area contributed by atoms with Crippen LogP contribution in [-0.4, -0.2) is 44.1 Å². The van der Waals surface area contributed by atoms with Gasteiger partial charge < -0.3 is 15.2 Å². The second kappa shape index (κ2) is 6.91. The number of nitrogens with zero attached hydrogens (tertiary/aromatic N) is 2. The number of likely N-dealkylation sites (tertiary alicyclic amines) is 1. The normalized spacial score (nSPS) is 18.2. The fraction of sp³-hybridized carbons (Fsp3) is 0.714. The average Bonchev–Trinajstić information content (AvgIpc) is 2.86. The monoisotopic (exact) mass is 314 g/mol. The molecule has 21 heavy (non-hydrogen) atoms. The highest BCUT2D eigenvalue weighted by Crippen LogP contribution is 2.17. The van der Waals surface area contributed by atoms with E-state index in [0.29, 0.717) is 11.4 Å². The number of aromatic nitrogens is 1. The van der Waals surface area contributed by atoms with Crippen LogP contribution in [0.4, 0.5) is 0 Å². The van der Waals surface area contributed by atoms with E-state index in [2.05, 4.69) is 23.6 Å². The lowest BCUT2D eigenvalue weighted by atomic mass is 10.1. The molecule has 0 radical (unpaired) electrons. The zero-order valence-corrected chi connectivity index (χ0v) is 13.7. The Labute approximate surface area is 127 Å². The van der Waals surface area contributed by atoms with Crippen LogP contribution in [0, 0.1) is 0 Å². The lowest BCUT2D eigenvalue weighted by Crippen LogP contribution is -2.43. The zero-order valence-electron chi connectivity index (χ0n) is 12.9. The number of aryl methyl sites for hydroxylation is 1. The summed E-state index contributed by atoms with van der Waals surface area (Å²) >= 11 is 0. The van der Waals surface area contributed by atoms with Gasteiger partial charge in [0.15, 0.2) is 0 Å². The van der Waals surface area contributed by atoms with Gasteiger partial charge in [0.1, 0.15) is 0 Å². The number of nitrogens with two attached hydrogens (primary N) is 1. The molecule has 1 saturated heterocycles. The van der Waals surface area contributed by atoms with Gasteiger partial charge in [-0.25, -0.2) is 13.1 Å². The number of sulfonamides is 1. The van der Waals surface area contributed by atoms with Crippen LogP contribution < -0.4 is 10.5 Å². The Kier molecular flexibility index (Phi) is 5.43. The molecular weight excluding hydrogens is 288 g/mol. The highest BCUT2D eigenvalue weighted by molar-refractivity contribution is 7.89. The van der Waals surface area contributed by atoms with Crippen molar-refractivity contribution in [3.05, 3.63) is 18.0 Å². The summed E-state index contributed by atoms with van der Waals surface area (Å²) in [5.74, 6) is 0. The molecular formula is C14H26N4O2S. The van der Waals surface area contributed by atoms with Crippen molar-refractivity contribution in [2.24, 2.45) is 5.73 Å². The first-order chi connectivity index (χ1) is 9.96.